The third-order valence-corrected chi connectivity index (χ3v) is 4.19. The molecular formula is C13H17NO2S. The van der Waals surface area contributed by atoms with E-state index in [0.717, 1.165) is 17.7 Å². The van der Waals surface area contributed by atoms with Crippen molar-refractivity contribution in [3.8, 4) is 0 Å². The molecule has 92 valence electrons. The molecule has 4 heteroatoms. The van der Waals surface area contributed by atoms with Crippen LogP contribution in [0.3, 0.4) is 0 Å². The van der Waals surface area contributed by atoms with Crippen LogP contribution >= 0.6 is 11.8 Å². The lowest BCUT2D eigenvalue weighted by Gasteiger charge is -2.14. The summed E-state index contributed by atoms with van der Waals surface area (Å²) in [4.78, 5) is 12.8. The van der Waals surface area contributed by atoms with Crippen molar-refractivity contribution in [2.45, 2.75) is 30.2 Å². The first-order chi connectivity index (χ1) is 8.15. The minimum Gasteiger partial charge on any atom is -0.394 e. The molecule has 1 amide bonds. The van der Waals surface area contributed by atoms with Gasteiger partial charge in [0, 0.05) is 4.90 Å². The number of aliphatic hydroxyl groups is 1. The second-order valence-corrected chi connectivity index (χ2v) is 5.56. The molecule has 0 aromatic heterocycles. The van der Waals surface area contributed by atoms with Gasteiger partial charge < -0.3 is 10.4 Å². The van der Waals surface area contributed by atoms with Crippen LogP contribution in [0, 0.1) is 6.92 Å². The third-order valence-electron chi connectivity index (χ3n) is 3.01. The van der Waals surface area contributed by atoms with Crippen LogP contribution in [0.4, 0.5) is 0 Å². The minimum atomic E-state index is -0.302. The smallest absolute Gasteiger partial charge is 0.230 e. The summed E-state index contributed by atoms with van der Waals surface area (Å²) in [6.07, 6.45) is 1.79. The summed E-state index contributed by atoms with van der Waals surface area (Å²) in [5, 5.41) is 12.0. The summed E-state index contributed by atoms with van der Waals surface area (Å²) < 4.78 is 0. The molecule has 0 saturated heterocycles. The summed E-state index contributed by atoms with van der Waals surface area (Å²) >= 11 is 1.54. The van der Waals surface area contributed by atoms with Crippen molar-refractivity contribution in [3.05, 3.63) is 29.8 Å². The Hall–Kier alpha value is -1.00. The average molecular weight is 251 g/mol. The number of hydrogen-bond donors (Lipinski definition) is 2. The van der Waals surface area contributed by atoms with Crippen molar-refractivity contribution in [2.24, 2.45) is 0 Å². The Morgan fingerprint density at radius 1 is 1.47 bits per heavy atom. The van der Waals surface area contributed by atoms with E-state index < -0.39 is 0 Å². The van der Waals surface area contributed by atoms with Crippen molar-refractivity contribution in [1.29, 1.82) is 0 Å². The standard InChI is InChI=1S/C13H17NO2S/c1-10-4-2-3-5-11(10)17-8-12(16)14-13(9-15)6-7-13/h2-5,15H,6-9H2,1H3,(H,14,16). The van der Waals surface area contributed by atoms with Gasteiger partial charge in [-0.05, 0) is 31.4 Å². The first kappa shape index (κ1) is 12.5. The summed E-state index contributed by atoms with van der Waals surface area (Å²) in [5.41, 5.74) is 0.886. The van der Waals surface area contributed by atoms with Crippen LogP contribution in [0.15, 0.2) is 29.2 Å². The molecule has 0 unspecified atom stereocenters. The summed E-state index contributed by atoms with van der Waals surface area (Å²) in [6, 6.07) is 8.02. The van der Waals surface area contributed by atoms with E-state index >= 15 is 0 Å². The Morgan fingerprint density at radius 3 is 2.76 bits per heavy atom. The minimum absolute atomic E-state index is 0.00445. The fraction of sp³-hybridized carbons (Fsp3) is 0.462. The lowest BCUT2D eigenvalue weighted by Crippen LogP contribution is -2.40. The number of rotatable bonds is 5. The van der Waals surface area contributed by atoms with Gasteiger partial charge in [-0.1, -0.05) is 18.2 Å². The van der Waals surface area contributed by atoms with Gasteiger partial charge in [0.25, 0.3) is 0 Å². The fourth-order valence-electron chi connectivity index (χ4n) is 1.67. The third kappa shape index (κ3) is 3.23. The highest BCUT2D eigenvalue weighted by molar-refractivity contribution is 8.00. The maximum atomic E-state index is 11.7. The van der Waals surface area contributed by atoms with Gasteiger partial charge in [0.2, 0.25) is 5.91 Å². The Kier molecular flexibility index (Phi) is 3.74. The molecule has 0 radical (unpaired) electrons. The molecule has 0 atom stereocenters. The number of benzene rings is 1. The maximum absolute atomic E-state index is 11.7. The van der Waals surface area contributed by atoms with E-state index in [4.69, 9.17) is 5.11 Å². The lowest BCUT2D eigenvalue weighted by atomic mass is 10.2. The fourth-order valence-corrected chi connectivity index (χ4v) is 2.50. The second kappa shape index (κ2) is 5.10. The number of aliphatic hydroxyl groups excluding tert-OH is 1. The summed E-state index contributed by atoms with van der Waals surface area (Å²) in [7, 11) is 0. The zero-order valence-corrected chi connectivity index (χ0v) is 10.7. The molecule has 0 aliphatic heterocycles. The van der Waals surface area contributed by atoms with Crippen LogP contribution < -0.4 is 5.32 Å². The van der Waals surface area contributed by atoms with E-state index in [1.807, 2.05) is 31.2 Å². The Morgan fingerprint density at radius 2 is 2.18 bits per heavy atom. The molecule has 3 nitrogen and oxygen atoms in total. The van der Waals surface area contributed by atoms with Gasteiger partial charge >= 0.3 is 0 Å². The highest BCUT2D eigenvalue weighted by atomic mass is 32.2. The first-order valence-electron chi connectivity index (χ1n) is 5.75. The molecule has 1 aromatic rings. The van der Waals surface area contributed by atoms with Gasteiger partial charge in [-0.3, -0.25) is 4.79 Å². The van der Waals surface area contributed by atoms with Crippen molar-refractivity contribution < 1.29 is 9.90 Å². The van der Waals surface area contributed by atoms with Gasteiger partial charge in [-0.2, -0.15) is 0 Å². The molecule has 1 fully saturated rings. The number of thioether (sulfide) groups is 1. The predicted molar refractivity (Wildman–Crippen MR) is 69.1 cm³/mol. The predicted octanol–water partition coefficient (Wildman–Crippen LogP) is 1.73. The molecule has 1 aromatic carbocycles. The molecule has 1 saturated carbocycles. The Bertz CT molecular complexity index is 416. The molecule has 2 rings (SSSR count). The largest absolute Gasteiger partial charge is 0.394 e. The number of hydrogen-bond acceptors (Lipinski definition) is 3. The lowest BCUT2D eigenvalue weighted by molar-refractivity contribution is -0.119. The Labute approximate surface area is 106 Å². The van der Waals surface area contributed by atoms with E-state index in [9.17, 15) is 4.79 Å². The highest BCUT2D eigenvalue weighted by Gasteiger charge is 2.43. The highest BCUT2D eigenvalue weighted by Crippen LogP contribution is 2.34. The Balaban J connectivity index is 1.82. The number of amides is 1. The molecule has 1 aliphatic rings. The molecule has 0 spiro atoms. The number of aryl methyl sites for hydroxylation is 1. The molecule has 17 heavy (non-hydrogen) atoms. The van der Waals surface area contributed by atoms with Gasteiger partial charge in [-0.15, -0.1) is 11.8 Å². The van der Waals surface area contributed by atoms with Gasteiger partial charge in [-0.25, -0.2) is 0 Å². The van der Waals surface area contributed by atoms with E-state index in [2.05, 4.69) is 5.32 Å². The average Bonchev–Trinajstić information content (AvgIpc) is 3.08. The van der Waals surface area contributed by atoms with E-state index in [1.54, 1.807) is 11.8 Å². The topological polar surface area (TPSA) is 49.3 Å². The molecule has 0 heterocycles. The number of carbonyl (C=O) groups excluding carboxylic acids is 1. The van der Waals surface area contributed by atoms with E-state index in [-0.39, 0.29) is 18.1 Å². The quantitative estimate of drug-likeness (QED) is 0.784. The van der Waals surface area contributed by atoms with Gasteiger partial charge in [0.1, 0.15) is 0 Å². The van der Waals surface area contributed by atoms with E-state index in [1.165, 1.54) is 5.56 Å². The van der Waals surface area contributed by atoms with Crippen LogP contribution in [-0.2, 0) is 4.79 Å². The van der Waals surface area contributed by atoms with Crippen molar-refractivity contribution in [3.63, 3.8) is 0 Å². The van der Waals surface area contributed by atoms with Crippen LogP contribution in [0.5, 0.6) is 0 Å². The van der Waals surface area contributed by atoms with Crippen molar-refractivity contribution >= 4 is 17.7 Å². The monoisotopic (exact) mass is 251 g/mol. The molecular weight excluding hydrogens is 234 g/mol. The molecule has 1 aliphatic carbocycles. The van der Waals surface area contributed by atoms with Gasteiger partial charge in [0.05, 0.1) is 17.9 Å². The zero-order valence-electron chi connectivity index (χ0n) is 9.90. The number of nitrogens with one attached hydrogen (secondary N) is 1. The van der Waals surface area contributed by atoms with Crippen molar-refractivity contribution in [1.82, 2.24) is 5.32 Å². The van der Waals surface area contributed by atoms with Crippen LogP contribution in [0.1, 0.15) is 18.4 Å². The van der Waals surface area contributed by atoms with Gasteiger partial charge in [0.15, 0.2) is 0 Å². The molecule has 2 N–H and O–H groups in total. The number of carbonyl (C=O) groups is 1. The van der Waals surface area contributed by atoms with Crippen LogP contribution in [0.25, 0.3) is 0 Å². The first-order valence-corrected chi connectivity index (χ1v) is 6.74. The molecule has 0 bridgehead atoms. The zero-order chi connectivity index (χ0) is 12.3. The van der Waals surface area contributed by atoms with Crippen molar-refractivity contribution in [2.75, 3.05) is 12.4 Å². The maximum Gasteiger partial charge on any atom is 0.230 e. The van der Waals surface area contributed by atoms with E-state index in [0.29, 0.717) is 5.75 Å². The summed E-state index contributed by atoms with van der Waals surface area (Å²) in [6.45, 7) is 2.09. The van der Waals surface area contributed by atoms with Crippen LogP contribution in [0.2, 0.25) is 0 Å². The summed E-state index contributed by atoms with van der Waals surface area (Å²) in [5.74, 6) is 0.414. The normalized spacial score (nSPS) is 16.6. The van der Waals surface area contributed by atoms with Crippen LogP contribution in [-0.4, -0.2) is 28.9 Å². The SMILES string of the molecule is Cc1ccccc1SCC(=O)NC1(CO)CC1. The second-order valence-electron chi connectivity index (χ2n) is 4.54.